The van der Waals surface area contributed by atoms with Gasteiger partial charge in [-0.2, -0.15) is 0 Å². The quantitative estimate of drug-likeness (QED) is 0.782. The van der Waals surface area contributed by atoms with Crippen LogP contribution in [-0.2, 0) is 22.5 Å². The van der Waals surface area contributed by atoms with Crippen molar-refractivity contribution in [2.24, 2.45) is 0 Å². The number of aryl methyl sites for hydroxylation is 1. The van der Waals surface area contributed by atoms with Crippen molar-refractivity contribution in [3.05, 3.63) is 52.5 Å². The zero-order valence-electron chi connectivity index (χ0n) is 13.5. The maximum Gasteiger partial charge on any atom is 0.426 e. The van der Waals surface area contributed by atoms with Crippen LogP contribution in [0.25, 0.3) is 0 Å². The van der Waals surface area contributed by atoms with Crippen molar-refractivity contribution >= 4 is 5.91 Å². The number of hydrogen-bond acceptors (Lipinski definition) is 4. The maximum absolute atomic E-state index is 12.3. The van der Waals surface area contributed by atoms with E-state index in [4.69, 9.17) is 4.74 Å². The van der Waals surface area contributed by atoms with E-state index in [0.717, 1.165) is 19.3 Å². The number of H-pyrrole nitrogens is 1. The van der Waals surface area contributed by atoms with E-state index in [0.29, 0.717) is 19.7 Å². The Morgan fingerprint density at radius 2 is 2.17 bits per heavy atom. The molecular formula is C17H22N3O4+. The summed E-state index contributed by atoms with van der Waals surface area (Å²) in [5, 5.41) is 2.39. The van der Waals surface area contributed by atoms with Crippen molar-refractivity contribution in [1.82, 2.24) is 10.2 Å². The highest BCUT2D eigenvalue weighted by Crippen LogP contribution is 2.13. The lowest BCUT2D eigenvalue weighted by atomic mass is 10.1. The summed E-state index contributed by atoms with van der Waals surface area (Å²) in [6.07, 6.45) is 4.27. The fourth-order valence-corrected chi connectivity index (χ4v) is 2.91. The molecule has 1 atom stereocenters. The number of benzene rings is 1. The highest BCUT2D eigenvalue weighted by molar-refractivity contribution is 5.74. The minimum atomic E-state index is -0.497. The first-order chi connectivity index (χ1) is 11.7. The number of carbonyl (C=O) groups is 1. The average Bonchev–Trinajstić information content (AvgIpc) is 3.01. The van der Waals surface area contributed by atoms with Gasteiger partial charge in [0.1, 0.15) is 0 Å². The van der Waals surface area contributed by atoms with E-state index >= 15 is 0 Å². The Kier molecular flexibility index (Phi) is 5.43. The lowest BCUT2D eigenvalue weighted by Gasteiger charge is -2.32. The molecule has 24 heavy (non-hydrogen) atoms. The summed E-state index contributed by atoms with van der Waals surface area (Å²) in [5.74, 6) is -0.0478. The van der Waals surface area contributed by atoms with Crippen LogP contribution in [0.1, 0.15) is 18.4 Å². The van der Waals surface area contributed by atoms with Gasteiger partial charge in [-0.15, -0.1) is 0 Å². The zero-order valence-corrected chi connectivity index (χ0v) is 13.5. The lowest BCUT2D eigenvalue weighted by molar-refractivity contribution is -0.751. The summed E-state index contributed by atoms with van der Waals surface area (Å²) in [6.45, 7) is 1.80. The van der Waals surface area contributed by atoms with E-state index in [9.17, 15) is 9.59 Å². The number of morpholine rings is 1. The normalized spacial score (nSPS) is 17.8. The molecule has 1 aromatic heterocycles. The second-order valence-corrected chi connectivity index (χ2v) is 5.98. The summed E-state index contributed by atoms with van der Waals surface area (Å²) < 4.78 is 11.7. The molecule has 1 saturated heterocycles. The van der Waals surface area contributed by atoms with Gasteiger partial charge in [0.25, 0.3) is 18.6 Å². The molecule has 1 aromatic carbocycles. The molecule has 1 N–H and O–H groups in total. The topological polar surface area (TPSA) is 79.4 Å². The van der Waals surface area contributed by atoms with E-state index in [1.165, 1.54) is 16.4 Å². The van der Waals surface area contributed by atoms with Crippen molar-refractivity contribution in [3.63, 3.8) is 0 Å². The first-order valence-electron chi connectivity index (χ1n) is 8.22. The Balaban J connectivity index is 1.45. The minimum Gasteiger partial charge on any atom is -0.375 e. The Morgan fingerprint density at radius 1 is 1.33 bits per heavy atom. The van der Waals surface area contributed by atoms with E-state index < -0.39 is 5.63 Å². The molecule has 7 nitrogen and oxygen atoms in total. The molecule has 7 heteroatoms. The van der Waals surface area contributed by atoms with Crippen LogP contribution in [0.4, 0.5) is 0 Å². The Labute approximate surface area is 139 Å². The third kappa shape index (κ3) is 4.55. The molecular weight excluding hydrogens is 310 g/mol. The number of nitrogens with zero attached hydrogens (tertiary/aromatic N) is 2. The van der Waals surface area contributed by atoms with Gasteiger partial charge < -0.3 is 9.64 Å². The predicted molar refractivity (Wildman–Crippen MR) is 85.2 cm³/mol. The Morgan fingerprint density at radius 3 is 2.92 bits per heavy atom. The molecule has 1 aliphatic rings. The van der Waals surface area contributed by atoms with E-state index in [1.807, 2.05) is 18.2 Å². The minimum absolute atomic E-state index is 0.0478. The Bertz CT molecular complexity index is 710. The number of amides is 1. The largest absolute Gasteiger partial charge is 0.426 e. The van der Waals surface area contributed by atoms with Crippen molar-refractivity contribution in [1.29, 1.82) is 0 Å². The van der Waals surface area contributed by atoms with Crippen LogP contribution in [0.5, 0.6) is 0 Å². The number of aromatic nitrogens is 2. The van der Waals surface area contributed by atoms with Gasteiger partial charge in [0.15, 0.2) is 0 Å². The number of nitrogens with one attached hydrogen (secondary N) is 1. The molecule has 2 heterocycles. The van der Waals surface area contributed by atoms with Crippen molar-refractivity contribution in [2.45, 2.75) is 31.9 Å². The summed E-state index contributed by atoms with van der Waals surface area (Å²) in [7, 11) is 0. The summed E-state index contributed by atoms with van der Waals surface area (Å²) >= 11 is 0. The molecule has 0 aliphatic carbocycles. The monoisotopic (exact) mass is 332 g/mol. The molecule has 2 aromatic rings. The van der Waals surface area contributed by atoms with Crippen molar-refractivity contribution < 1.29 is 18.7 Å². The molecule has 128 valence electrons. The van der Waals surface area contributed by atoms with Gasteiger partial charge in [-0.05, 0) is 30.1 Å². The van der Waals surface area contributed by atoms with Crippen LogP contribution in [0.2, 0.25) is 0 Å². The third-order valence-electron chi connectivity index (χ3n) is 4.16. The molecule has 0 radical (unpaired) electrons. The smallest absolute Gasteiger partial charge is 0.375 e. The van der Waals surface area contributed by atoms with E-state index in [1.54, 1.807) is 4.90 Å². The summed E-state index contributed by atoms with van der Waals surface area (Å²) in [6, 6.07) is 10.4. The van der Waals surface area contributed by atoms with E-state index in [2.05, 4.69) is 21.9 Å². The first kappa shape index (κ1) is 16.4. The van der Waals surface area contributed by atoms with Crippen molar-refractivity contribution in [2.75, 3.05) is 19.7 Å². The molecule has 1 aliphatic heterocycles. The Hall–Kier alpha value is -2.41. The van der Waals surface area contributed by atoms with Crippen LogP contribution >= 0.6 is 0 Å². The standard InChI is InChI=1S/C17H21N3O4/c21-16(12-20-13-17(22)24-18-20)19-9-10-23-15(11-19)8-4-7-14-5-2-1-3-6-14/h1-3,5-6,13,15H,4,7-12H2/p+1/t15-/m1/s1. The van der Waals surface area contributed by atoms with Crippen molar-refractivity contribution in [3.8, 4) is 0 Å². The lowest BCUT2D eigenvalue weighted by Crippen LogP contribution is -2.51. The molecule has 0 unspecified atom stereocenters. The number of carbonyl (C=O) groups excluding carboxylic acids is 1. The average molecular weight is 332 g/mol. The molecule has 3 rings (SSSR count). The number of ether oxygens (including phenoxy) is 1. The molecule has 1 fully saturated rings. The van der Waals surface area contributed by atoms with Crippen LogP contribution in [0.15, 0.2) is 45.8 Å². The molecule has 0 saturated carbocycles. The highest BCUT2D eigenvalue weighted by Gasteiger charge is 2.26. The van der Waals surface area contributed by atoms with Gasteiger partial charge in [-0.1, -0.05) is 35.0 Å². The first-order valence-corrected chi connectivity index (χ1v) is 8.22. The number of rotatable bonds is 6. The summed E-state index contributed by atoms with van der Waals surface area (Å²) in [5.41, 5.74) is 0.824. The molecule has 1 amide bonds. The fraction of sp³-hybridized carbons (Fsp3) is 0.471. The van der Waals surface area contributed by atoms with Gasteiger partial charge >= 0.3 is 5.63 Å². The number of hydrogen-bond donors (Lipinski definition) is 1. The highest BCUT2D eigenvalue weighted by atomic mass is 16.5. The number of aromatic amines is 1. The fourth-order valence-electron chi connectivity index (χ4n) is 2.91. The van der Waals surface area contributed by atoms with Gasteiger partial charge in [0.2, 0.25) is 0 Å². The van der Waals surface area contributed by atoms with E-state index in [-0.39, 0.29) is 18.6 Å². The van der Waals surface area contributed by atoms with Crippen LogP contribution < -0.4 is 10.3 Å². The third-order valence-corrected chi connectivity index (χ3v) is 4.16. The molecule has 0 spiro atoms. The maximum atomic E-state index is 12.3. The van der Waals surface area contributed by atoms with Gasteiger partial charge in [-0.3, -0.25) is 9.32 Å². The van der Waals surface area contributed by atoms with Gasteiger partial charge in [0, 0.05) is 13.1 Å². The van der Waals surface area contributed by atoms with Crippen LogP contribution in [-0.4, -0.2) is 41.9 Å². The SMILES string of the molecule is O=C(C[n+]1cc(=O)o[nH]1)N1CCO[C@H](CCCc2ccccc2)C1. The summed E-state index contributed by atoms with van der Waals surface area (Å²) in [4.78, 5) is 25.1. The van der Waals surface area contributed by atoms with Gasteiger partial charge in [0.05, 0.1) is 12.7 Å². The zero-order chi connectivity index (χ0) is 16.8. The second kappa shape index (κ2) is 7.92. The molecule has 0 bridgehead atoms. The predicted octanol–water partition coefficient (Wildman–Crippen LogP) is 0.506. The van der Waals surface area contributed by atoms with Crippen LogP contribution in [0.3, 0.4) is 0 Å². The van der Waals surface area contributed by atoms with Crippen LogP contribution in [0, 0.1) is 0 Å². The van der Waals surface area contributed by atoms with Gasteiger partial charge in [-0.25, -0.2) is 4.79 Å². The second-order valence-electron chi connectivity index (χ2n) is 5.98.